The molecular formula is C32H16N2O4. The SMILES string of the molecule is N#Cc1ccc(C2(C3(c4ccc(C#N)cc4)C(=O)c4ccccc4C3=O)C(=O)c3ccccc3C2=O)cc1. The van der Waals surface area contributed by atoms with Gasteiger partial charge >= 0.3 is 0 Å². The number of benzene rings is 4. The molecule has 178 valence electrons. The summed E-state index contributed by atoms with van der Waals surface area (Å²) in [5.41, 5.74) is -3.21. The molecule has 6 nitrogen and oxygen atoms in total. The van der Waals surface area contributed by atoms with Crippen LogP contribution in [-0.2, 0) is 10.8 Å². The Labute approximate surface area is 217 Å². The first kappa shape index (κ1) is 23.0. The average Bonchev–Trinajstić information content (AvgIpc) is 3.34. The van der Waals surface area contributed by atoms with E-state index in [1.807, 2.05) is 12.1 Å². The summed E-state index contributed by atoms with van der Waals surface area (Å²) in [5.74, 6) is -2.66. The molecule has 0 radical (unpaired) electrons. The van der Waals surface area contributed by atoms with Crippen molar-refractivity contribution in [2.24, 2.45) is 0 Å². The fourth-order valence-corrected chi connectivity index (χ4v) is 6.00. The van der Waals surface area contributed by atoms with Gasteiger partial charge in [0.25, 0.3) is 0 Å². The molecule has 0 fully saturated rings. The van der Waals surface area contributed by atoms with Crippen molar-refractivity contribution in [3.05, 3.63) is 142 Å². The number of hydrogen-bond donors (Lipinski definition) is 0. The second-order valence-corrected chi connectivity index (χ2v) is 9.29. The molecule has 0 saturated heterocycles. The fraction of sp³-hybridized carbons (Fsp3) is 0.0625. The van der Waals surface area contributed by atoms with Crippen LogP contribution in [0.25, 0.3) is 0 Å². The summed E-state index contributed by atoms with van der Waals surface area (Å²) >= 11 is 0. The van der Waals surface area contributed by atoms with Gasteiger partial charge in [0.1, 0.15) is 10.8 Å². The summed E-state index contributed by atoms with van der Waals surface area (Å²) in [7, 11) is 0. The van der Waals surface area contributed by atoms with Gasteiger partial charge in [-0.2, -0.15) is 10.5 Å². The number of rotatable bonds is 3. The standard InChI is InChI=1S/C32H16N2O4/c33-17-19-9-13-21(14-10-19)31(27(35)23-5-1-2-6-24(23)28(31)36)32(22-15-11-20(18-34)12-16-22)29(37)25-7-3-4-8-26(25)30(32)38/h1-16H. The van der Waals surface area contributed by atoms with E-state index in [0.717, 1.165) is 0 Å². The molecular weight excluding hydrogens is 476 g/mol. The Morgan fingerprint density at radius 2 is 0.684 bits per heavy atom. The van der Waals surface area contributed by atoms with Crippen LogP contribution in [0.3, 0.4) is 0 Å². The number of Topliss-reactive ketones (excluding diaryl/α,β-unsaturated/α-hetero) is 4. The lowest BCUT2D eigenvalue weighted by Gasteiger charge is -2.42. The van der Waals surface area contributed by atoms with Crippen molar-refractivity contribution in [3.8, 4) is 12.1 Å². The van der Waals surface area contributed by atoms with Crippen molar-refractivity contribution in [2.45, 2.75) is 10.8 Å². The zero-order valence-corrected chi connectivity index (χ0v) is 19.8. The molecule has 0 aliphatic heterocycles. The third-order valence-corrected chi connectivity index (χ3v) is 7.65. The van der Waals surface area contributed by atoms with Crippen LogP contribution < -0.4 is 0 Å². The number of fused-ring (bicyclic) bond motifs is 2. The van der Waals surface area contributed by atoms with Gasteiger partial charge in [-0.25, -0.2) is 0 Å². The van der Waals surface area contributed by atoms with Crippen LogP contribution in [0, 0.1) is 22.7 Å². The summed E-state index contributed by atoms with van der Waals surface area (Å²) < 4.78 is 0. The van der Waals surface area contributed by atoms with Gasteiger partial charge in [-0.3, -0.25) is 19.2 Å². The van der Waals surface area contributed by atoms with Gasteiger partial charge in [-0.15, -0.1) is 0 Å². The molecule has 0 heterocycles. The van der Waals surface area contributed by atoms with E-state index in [1.54, 1.807) is 24.3 Å². The van der Waals surface area contributed by atoms with Gasteiger partial charge in [-0.1, -0.05) is 72.8 Å². The Hall–Kier alpha value is -5.46. The topological polar surface area (TPSA) is 116 Å². The molecule has 0 bridgehead atoms. The second kappa shape index (κ2) is 8.03. The van der Waals surface area contributed by atoms with Crippen molar-refractivity contribution in [1.82, 2.24) is 0 Å². The van der Waals surface area contributed by atoms with E-state index >= 15 is 0 Å². The van der Waals surface area contributed by atoms with Gasteiger partial charge in [0.05, 0.1) is 23.3 Å². The van der Waals surface area contributed by atoms with Gasteiger partial charge in [0.15, 0.2) is 23.1 Å². The normalized spacial score (nSPS) is 16.5. The first-order valence-corrected chi connectivity index (χ1v) is 11.8. The fourth-order valence-electron chi connectivity index (χ4n) is 6.00. The summed E-state index contributed by atoms with van der Waals surface area (Å²) in [5, 5.41) is 18.8. The van der Waals surface area contributed by atoms with Crippen LogP contribution in [-0.4, -0.2) is 23.1 Å². The molecule has 0 unspecified atom stereocenters. The van der Waals surface area contributed by atoms with Crippen LogP contribution in [0.4, 0.5) is 0 Å². The van der Waals surface area contributed by atoms with E-state index in [-0.39, 0.29) is 33.4 Å². The Morgan fingerprint density at radius 1 is 0.421 bits per heavy atom. The van der Waals surface area contributed by atoms with E-state index in [0.29, 0.717) is 11.1 Å². The highest BCUT2D eigenvalue weighted by Crippen LogP contribution is 2.57. The summed E-state index contributed by atoms with van der Waals surface area (Å²) in [6.07, 6.45) is 0. The van der Waals surface area contributed by atoms with Gasteiger partial charge in [0.2, 0.25) is 0 Å². The number of ketones is 4. The number of nitrogens with zero attached hydrogens (tertiary/aromatic N) is 2. The largest absolute Gasteiger partial charge is 0.293 e. The van der Waals surface area contributed by atoms with E-state index in [2.05, 4.69) is 0 Å². The smallest absolute Gasteiger partial charge is 0.183 e. The predicted octanol–water partition coefficient (Wildman–Crippen LogP) is 4.76. The minimum atomic E-state index is -2.27. The molecule has 0 amide bonds. The van der Waals surface area contributed by atoms with Gasteiger partial charge in [-0.05, 0) is 35.4 Å². The maximum Gasteiger partial charge on any atom is 0.183 e. The summed E-state index contributed by atoms with van der Waals surface area (Å²) in [4.78, 5) is 58.3. The molecule has 0 saturated carbocycles. The van der Waals surface area contributed by atoms with Crippen molar-refractivity contribution < 1.29 is 19.2 Å². The highest BCUT2D eigenvalue weighted by molar-refractivity contribution is 6.45. The average molecular weight is 492 g/mol. The third kappa shape index (κ3) is 2.58. The Morgan fingerprint density at radius 3 is 0.921 bits per heavy atom. The van der Waals surface area contributed by atoms with Crippen LogP contribution in [0.15, 0.2) is 97.1 Å². The molecule has 0 atom stereocenters. The van der Waals surface area contributed by atoms with E-state index in [4.69, 9.17) is 0 Å². The molecule has 6 rings (SSSR count). The zero-order chi connectivity index (χ0) is 26.7. The van der Waals surface area contributed by atoms with Crippen LogP contribution in [0.1, 0.15) is 63.7 Å². The molecule has 4 aromatic carbocycles. The van der Waals surface area contributed by atoms with Crippen LogP contribution >= 0.6 is 0 Å². The molecule has 2 aliphatic rings. The Kier molecular flexibility index (Phi) is 4.85. The van der Waals surface area contributed by atoms with Crippen LogP contribution in [0.5, 0.6) is 0 Å². The lowest BCUT2D eigenvalue weighted by Crippen LogP contribution is -2.62. The van der Waals surface area contributed by atoms with E-state index < -0.39 is 34.0 Å². The van der Waals surface area contributed by atoms with Crippen molar-refractivity contribution in [1.29, 1.82) is 10.5 Å². The minimum Gasteiger partial charge on any atom is -0.293 e. The van der Waals surface area contributed by atoms with Crippen molar-refractivity contribution in [3.63, 3.8) is 0 Å². The summed E-state index contributed by atoms with van der Waals surface area (Å²) in [6, 6.07) is 28.3. The minimum absolute atomic E-state index is 0.117. The first-order chi connectivity index (χ1) is 18.4. The monoisotopic (exact) mass is 492 g/mol. The number of hydrogen-bond acceptors (Lipinski definition) is 6. The lowest BCUT2D eigenvalue weighted by molar-refractivity contribution is 0.0557. The summed E-state index contributed by atoms with van der Waals surface area (Å²) in [6.45, 7) is 0. The maximum atomic E-state index is 14.6. The quantitative estimate of drug-likeness (QED) is 0.381. The van der Waals surface area contributed by atoms with E-state index in [9.17, 15) is 29.7 Å². The second-order valence-electron chi connectivity index (χ2n) is 9.29. The molecule has 6 heteroatoms. The molecule has 4 aromatic rings. The third-order valence-electron chi connectivity index (χ3n) is 7.65. The number of carbonyl (C=O) groups excluding carboxylic acids is 4. The number of nitriles is 2. The predicted molar refractivity (Wildman–Crippen MR) is 136 cm³/mol. The van der Waals surface area contributed by atoms with E-state index in [1.165, 1.54) is 72.8 Å². The molecule has 0 N–H and O–H groups in total. The van der Waals surface area contributed by atoms with Gasteiger partial charge < -0.3 is 0 Å². The zero-order valence-electron chi connectivity index (χ0n) is 19.8. The highest BCUT2D eigenvalue weighted by Gasteiger charge is 2.74. The molecule has 0 aromatic heterocycles. The Bertz CT molecular complexity index is 1600. The first-order valence-electron chi connectivity index (χ1n) is 11.8. The molecule has 0 spiro atoms. The van der Waals surface area contributed by atoms with Crippen molar-refractivity contribution in [2.75, 3.05) is 0 Å². The van der Waals surface area contributed by atoms with Gasteiger partial charge in [0, 0.05) is 22.3 Å². The van der Waals surface area contributed by atoms with Crippen molar-refractivity contribution >= 4 is 23.1 Å². The van der Waals surface area contributed by atoms with Crippen LogP contribution in [0.2, 0.25) is 0 Å². The number of carbonyl (C=O) groups is 4. The molecule has 2 aliphatic carbocycles. The Balaban J connectivity index is 1.80. The molecule has 38 heavy (non-hydrogen) atoms. The lowest BCUT2D eigenvalue weighted by atomic mass is 9.52. The highest BCUT2D eigenvalue weighted by atomic mass is 16.2. The maximum absolute atomic E-state index is 14.6.